The molecule has 192 valence electrons. The lowest BCUT2D eigenvalue weighted by molar-refractivity contribution is 0.0937. The molecule has 2 amide bonds. The fraction of sp³-hybridized carbons (Fsp3) is 0.259. The van der Waals surface area contributed by atoms with Crippen molar-refractivity contribution in [2.24, 2.45) is 7.05 Å². The summed E-state index contributed by atoms with van der Waals surface area (Å²) in [5, 5.41) is 18.5. The van der Waals surface area contributed by atoms with Crippen LogP contribution in [0.1, 0.15) is 30.6 Å². The summed E-state index contributed by atoms with van der Waals surface area (Å²) in [7, 11) is 1.81. The highest BCUT2D eigenvalue weighted by molar-refractivity contribution is 5.99. The van der Waals surface area contributed by atoms with Crippen molar-refractivity contribution in [1.82, 2.24) is 25.0 Å². The van der Waals surface area contributed by atoms with E-state index in [-0.39, 0.29) is 29.1 Å². The monoisotopic (exact) mass is 502 g/mol. The van der Waals surface area contributed by atoms with Crippen molar-refractivity contribution in [1.29, 1.82) is 0 Å². The van der Waals surface area contributed by atoms with Gasteiger partial charge in [0.2, 0.25) is 0 Å². The van der Waals surface area contributed by atoms with Crippen molar-refractivity contribution >= 4 is 28.6 Å². The number of anilines is 1. The van der Waals surface area contributed by atoms with Crippen molar-refractivity contribution in [3.63, 3.8) is 0 Å². The van der Waals surface area contributed by atoms with Gasteiger partial charge in [-0.15, -0.1) is 0 Å². The Hall–Kier alpha value is -4.60. The van der Waals surface area contributed by atoms with Gasteiger partial charge in [-0.25, -0.2) is 9.78 Å². The van der Waals surface area contributed by atoms with Gasteiger partial charge in [0.1, 0.15) is 17.3 Å². The number of aromatic nitrogens is 3. The van der Waals surface area contributed by atoms with E-state index in [4.69, 9.17) is 10.5 Å². The van der Waals surface area contributed by atoms with E-state index < -0.39 is 6.09 Å². The Kier molecular flexibility index (Phi) is 7.57. The van der Waals surface area contributed by atoms with Crippen molar-refractivity contribution in [3.8, 4) is 22.6 Å². The first-order chi connectivity index (χ1) is 17.9. The number of likely N-dealkylation sites (tertiary alicyclic amines) is 1. The number of ether oxygens (including phenoxy) is 1. The molecule has 1 saturated heterocycles. The summed E-state index contributed by atoms with van der Waals surface area (Å²) in [6.45, 7) is 4.76. The number of nitrogen functional groups attached to an aromatic ring is 1. The Morgan fingerprint density at radius 2 is 1.86 bits per heavy atom. The molecule has 1 fully saturated rings. The lowest BCUT2D eigenvalue weighted by Crippen LogP contribution is -2.39. The molecule has 0 bridgehead atoms. The van der Waals surface area contributed by atoms with Gasteiger partial charge in [-0.2, -0.15) is 5.10 Å². The minimum atomic E-state index is -0.499. The summed E-state index contributed by atoms with van der Waals surface area (Å²) in [5.41, 5.74) is 7.80. The highest BCUT2D eigenvalue weighted by atomic mass is 16.6. The van der Waals surface area contributed by atoms with Gasteiger partial charge in [0.15, 0.2) is 0 Å². The van der Waals surface area contributed by atoms with Gasteiger partial charge in [0.25, 0.3) is 5.91 Å². The third-order valence-corrected chi connectivity index (χ3v) is 5.98. The van der Waals surface area contributed by atoms with Crippen LogP contribution in [0.2, 0.25) is 0 Å². The number of carbonyl (C=O) groups excluding carboxylic acids is 2. The highest BCUT2D eigenvalue weighted by Crippen LogP contribution is 2.26. The van der Waals surface area contributed by atoms with Crippen molar-refractivity contribution in [2.45, 2.75) is 26.3 Å². The number of amides is 2. The van der Waals surface area contributed by atoms with E-state index in [0.29, 0.717) is 25.3 Å². The number of hydrogen-bond donors (Lipinski definition) is 3. The Bertz CT molecular complexity index is 1430. The SMILES string of the molecule is CC.Cn1cc(-c2cnc(N)c(C(=O)NC3CCN(C(=O)Oc4ccc5ccc(O)cc5c4)C3)c2)cn1. The molecule has 4 N–H and O–H groups in total. The number of pyridine rings is 1. The zero-order chi connectivity index (χ0) is 26.5. The Morgan fingerprint density at radius 1 is 1.08 bits per heavy atom. The van der Waals surface area contributed by atoms with Crippen LogP contribution in [0.15, 0.2) is 61.1 Å². The van der Waals surface area contributed by atoms with Gasteiger partial charge in [-0.1, -0.05) is 26.0 Å². The molecule has 5 rings (SSSR count). The van der Waals surface area contributed by atoms with Crippen LogP contribution in [0.4, 0.5) is 10.6 Å². The topological polar surface area (TPSA) is 136 Å². The molecule has 1 atom stereocenters. The quantitative estimate of drug-likeness (QED) is 0.384. The third-order valence-electron chi connectivity index (χ3n) is 5.98. The number of fused-ring (bicyclic) bond motifs is 1. The van der Waals surface area contributed by atoms with E-state index in [9.17, 15) is 14.7 Å². The van der Waals surface area contributed by atoms with E-state index in [1.807, 2.05) is 33.2 Å². The van der Waals surface area contributed by atoms with Gasteiger partial charge in [0.05, 0.1) is 11.8 Å². The Morgan fingerprint density at radius 3 is 2.62 bits per heavy atom. The average Bonchev–Trinajstić information content (AvgIpc) is 3.54. The maximum absolute atomic E-state index is 12.9. The van der Waals surface area contributed by atoms with E-state index in [2.05, 4.69) is 15.4 Å². The number of nitrogens with two attached hydrogens (primary N) is 1. The second kappa shape index (κ2) is 11.0. The molecular formula is C27H30N6O4. The van der Waals surface area contributed by atoms with Crippen LogP contribution in [-0.2, 0) is 7.05 Å². The molecule has 1 aliphatic heterocycles. The maximum atomic E-state index is 12.9. The predicted molar refractivity (Wildman–Crippen MR) is 141 cm³/mol. The van der Waals surface area contributed by atoms with E-state index >= 15 is 0 Å². The molecule has 0 radical (unpaired) electrons. The zero-order valence-corrected chi connectivity index (χ0v) is 21.0. The van der Waals surface area contributed by atoms with E-state index in [1.54, 1.807) is 58.4 Å². The summed E-state index contributed by atoms with van der Waals surface area (Å²) in [4.78, 5) is 31.3. The number of phenolic OH excluding ortho intramolecular Hbond substituents is 1. The molecular weight excluding hydrogens is 472 g/mol. The predicted octanol–water partition coefficient (Wildman–Crippen LogP) is 3.95. The summed E-state index contributed by atoms with van der Waals surface area (Å²) in [6.07, 6.45) is 5.20. The van der Waals surface area contributed by atoms with E-state index in [1.165, 1.54) is 0 Å². The molecule has 10 heteroatoms. The molecule has 3 heterocycles. The van der Waals surface area contributed by atoms with Crippen LogP contribution < -0.4 is 15.8 Å². The molecule has 2 aromatic heterocycles. The van der Waals surface area contributed by atoms with E-state index in [0.717, 1.165) is 21.9 Å². The van der Waals surface area contributed by atoms with Gasteiger partial charge in [-0.3, -0.25) is 9.48 Å². The molecule has 37 heavy (non-hydrogen) atoms. The van der Waals surface area contributed by atoms with Crippen LogP contribution in [-0.4, -0.2) is 55.9 Å². The number of carbonyl (C=O) groups is 2. The van der Waals surface area contributed by atoms with Gasteiger partial charge >= 0.3 is 6.09 Å². The van der Waals surface area contributed by atoms with Crippen LogP contribution in [0.3, 0.4) is 0 Å². The van der Waals surface area contributed by atoms with Crippen LogP contribution in [0.25, 0.3) is 21.9 Å². The third kappa shape index (κ3) is 5.80. The minimum absolute atomic E-state index is 0.131. The lowest BCUT2D eigenvalue weighted by Gasteiger charge is -2.17. The molecule has 0 spiro atoms. The number of phenols is 1. The minimum Gasteiger partial charge on any atom is -0.508 e. The zero-order valence-electron chi connectivity index (χ0n) is 21.0. The number of nitrogens with zero attached hydrogens (tertiary/aromatic N) is 4. The first kappa shape index (κ1) is 25.5. The normalized spacial score (nSPS) is 14.7. The molecule has 4 aromatic rings. The standard InChI is InChI=1S/C25H24N6O4.C2H6/c1-30-13-18(12-28-30)17-10-22(23(26)27-11-17)24(33)29-19-6-7-31(14-19)25(34)35-21-5-3-15-2-4-20(32)8-16(15)9-21;1-2/h2-5,8-13,19,32H,6-7,14H2,1H3,(H2,26,27)(H,29,33);1-2H3. The number of rotatable bonds is 4. The first-order valence-electron chi connectivity index (χ1n) is 12.1. The smallest absolute Gasteiger partial charge is 0.415 e. The number of aromatic hydroxyl groups is 1. The Balaban J connectivity index is 0.00000156. The largest absolute Gasteiger partial charge is 0.508 e. The fourth-order valence-electron chi connectivity index (χ4n) is 4.13. The molecule has 1 unspecified atom stereocenters. The number of benzene rings is 2. The summed E-state index contributed by atoms with van der Waals surface area (Å²) in [5.74, 6) is 0.301. The summed E-state index contributed by atoms with van der Waals surface area (Å²) < 4.78 is 7.19. The van der Waals surface area contributed by atoms with Crippen LogP contribution in [0.5, 0.6) is 11.5 Å². The second-order valence-electron chi connectivity index (χ2n) is 8.53. The molecule has 10 nitrogen and oxygen atoms in total. The number of nitrogens with one attached hydrogen (secondary N) is 1. The fourth-order valence-corrected chi connectivity index (χ4v) is 4.13. The second-order valence-corrected chi connectivity index (χ2v) is 8.53. The van der Waals surface area contributed by atoms with Crippen LogP contribution in [0, 0.1) is 0 Å². The summed E-state index contributed by atoms with van der Waals surface area (Å²) in [6, 6.07) is 11.7. The molecule has 1 aliphatic rings. The highest BCUT2D eigenvalue weighted by Gasteiger charge is 2.29. The first-order valence-corrected chi connectivity index (χ1v) is 12.1. The number of hydrogen-bond acceptors (Lipinski definition) is 7. The molecule has 0 aliphatic carbocycles. The van der Waals surface area contributed by atoms with Crippen molar-refractivity contribution in [3.05, 3.63) is 66.6 Å². The number of aryl methyl sites for hydroxylation is 1. The van der Waals surface area contributed by atoms with Gasteiger partial charge < -0.3 is 25.8 Å². The average molecular weight is 503 g/mol. The van der Waals surface area contributed by atoms with Crippen LogP contribution >= 0.6 is 0 Å². The molecule has 0 saturated carbocycles. The van der Waals surface area contributed by atoms with Crippen molar-refractivity contribution < 1.29 is 19.4 Å². The van der Waals surface area contributed by atoms with Crippen molar-refractivity contribution in [2.75, 3.05) is 18.8 Å². The Labute approximate surface area is 214 Å². The van der Waals surface area contributed by atoms with Gasteiger partial charge in [0, 0.05) is 49.7 Å². The summed E-state index contributed by atoms with van der Waals surface area (Å²) >= 11 is 0. The maximum Gasteiger partial charge on any atom is 0.415 e. The lowest BCUT2D eigenvalue weighted by atomic mass is 10.1. The molecule has 2 aromatic carbocycles. The van der Waals surface area contributed by atoms with Gasteiger partial charge in [-0.05, 0) is 47.5 Å².